The normalized spacial score (nSPS) is 30.8. The van der Waals surface area contributed by atoms with Crippen molar-refractivity contribution in [1.82, 2.24) is 0 Å². The summed E-state index contributed by atoms with van der Waals surface area (Å²) in [4.78, 5) is 11.5. The molecule has 4 heteroatoms. The molecule has 4 nitrogen and oxygen atoms in total. The largest absolute Gasteiger partial charge is 0.497 e. The quantitative estimate of drug-likeness (QED) is 0.768. The molecule has 0 N–H and O–H groups in total. The summed E-state index contributed by atoms with van der Waals surface area (Å²) >= 11 is 0. The van der Waals surface area contributed by atoms with Crippen LogP contribution in [0, 0.1) is 11.3 Å². The van der Waals surface area contributed by atoms with E-state index in [4.69, 9.17) is 14.2 Å². The van der Waals surface area contributed by atoms with Gasteiger partial charge in [0.25, 0.3) is 0 Å². The minimum Gasteiger partial charge on any atom is -0.497 e. The van der Waals surface area contributed by atoms with Gasteiger partial charge in [-0.15, -0.1) is 0 Å². The van der Waals surface area contributed by atoms with E-state index in [1.807, 2.05) is 0 Å². The smallest absolute Gasteiger partial charge is 0.303 e. The molecule has 1 aliphatic heterocycles. The first-order valence-electron chi connectivity index (χ1n) is 9.17. The van der Waals surface area contributed by atoms with E-state index >= 15 is 0 Å². The van der Waals surface area contributed by atoms with Gasteiger partial charge in [-0.1, -0.05) is 18.6 Å². The van der Waals surface area contributed by atoms with E-state index in [1.165, 1.54) is 29.2 Å². The summed E-state index contributed by atoms with van der Waals surface area (Å²) in [5, 5.41) is 0. The standard InChI is InChI=1S/C21H26O4/c1-13(22)25-20-12-24-11-19-18-6-4-14-10-15(23-3)5-7-16(14)17(18)8-9-21(19,20)2/h5,7,10,19-20H,4,6,8-9,11-12H2,1-3H3/t19-,20-,21-/m0/s1. The summed E-state index contributed by atoms with van der Waals surface area (Å²) in [5.74, 6) is 1.06. The number of allylic oxidation sites excluding steroid dienone is 1. The maximum Gasteiger partial charge on any atom is 0.303 e. The zero-order valence-corrected chi connectivity index (χ0v) is 15.3. The van der Waals surface area contributed by atoms with Crippen molar-refractivity contribution in [1.29, 1.82) is 0 Å². The minimum absolute atomic E-state index is 0.0211. The molecule has 25 heavy (non-hydrogen) atoms. The van der Waals surface area contributed by atoms with Gasteiger partial charge in [0.05, 0.1) is 20.3 Å². The Kier molecular flexibility index (Phi) is 4.11. The van der Waals surface area contributed by atoms with Crippen molar-refractivity contribution in [2.75, 3.05) is 20.3 Å². The van der Waals surface area contributed by atoms with Crippen molar-refractivity contribution in [2.24, 2.45) is 11.3 Å². The Morgan fingerprint density at radius 2 is 2.08 bits per heavy atom. The third kappa shape index (κ3) is 2.67. The monoisotopic (exact) mass is 342 g/mol. The van der Waals surface area contributed by atoms with Crippen LogP contribution in [0.25, 0.3) is 5.57 Å². The highest BCUT2D eigenvalue weighted by Crippen LogP contribution is 2.54. The van der Waals surface area contributed by atoms with Gasteiger partial charge in [0.15, 0.2) is 0 Å². The highest BCUT2D eigenvalue weighted by atomic mass is 16.6. The molecule has 1 aromatic rings. The molecule has 134 valence electrons. The van der Waals surface area contributed by atoms with Crippen LogP contribution in [-0.4, -0.2) is 32.4 Å². The minimum atomic E-state index is -0.212. The van der Waals surface area contributed by atoms with Gasteiger partial charge in [-0.2, -0.15) is 0 Å². The van der Waals surface area contributed by atoms with E-state index in [1.54, 1.807) is 7.11 Å². The number of carbonyl (C=O) groups is 1. The van der Waals surface area contributed by atoms with Crippen molar-refractivity contribution in [2.45, 2.75) is 45.6 Å². The second-order valence-electron chi connectivity index (χ2n) is 7.72. The van der Waals surface area contributed by atoms with Gasteiger partial charge in [-0.25, -0.2) is 0 Å². The third-order valence-electron chi connectivity index (χ3n) is 6.42. The van der Waals surface area contributed by atoms with E-state index < -0.39 is 0 Å². The van der Waals surface area contributed by atoms with E-state index in [0.717, 1.165) is 38.0 Å². The van der Waals surface area contributed by atoms with Crippen molar-refractivity contribution in [3.63, 3.8) is 0 Å². The highest BCUT2D eigenvalue weighted by molar-refractivity contribution is 5.75. The molecule has 1 aromatic carbocycles. The number of methoxy groups -OCH3 is 1. The summed E-state index contributed by atoms with van der Waals surface area (Å²) in [6, 6.07) is 6.44. The number of fused-ring (bicyclic) bond motifs is 4. The molecule has 0 saturated carbocycles. The Morgan fingerprint density at radius 1 is 1.24 bits per heavy atom. The summed E-state index contributed by atoms with van der Waals surface area (Å²) in [5.41, 5.74) is 5.74. The van der Waals surface area contributed by atoms with E-state index in [2.05, 4.69) is 25.1 Å². The van der Waals surface area contributed by atoms with Crippen molar-refractivity contribution in [3.05, 3.63) is 34.9 Å². The summed E-state index contributed by atoms with van der Waals surface area (Å²) in [6.45, 7) is 5.02. The molecule has 0 aromatic heterocycles. The summed E-state index contributed by atoms with van der Waals surface area (Å²) in [6.07, 6.45) is 4.03. The lowest BCUT2D eigenvalue weighted by Gasteiger charge is -2.51. The van der Waals surface area contributed by atoms with Gasteiger partial charge in [0, 0.05) is 18.3 Å². The van der Waals surface area contributed by atoms with E-state index in [-0.39, 0.29) is 17.5 Å². The maximum absolute atomic E-state index is 11.5. The lowest BCUT2D eigenvalue weighted by atomic mass is 9.58. The van der Waals surface area contributed by atoms with Crippen LogP contribution in [0.15, 0.2) is 23.8 Å². The molecule has 3 atom stereocenters. The molecule has 1 fully saturated rings. The van der Waals surface area contributed by atoms with Crippen LogP contribution in [0.1, 0.15) is 44.2 Å². The average molecular weight is 342 g/mol. The number of benzene rings is 1. The maximum atomic E-state index is 11.5. The van der Waals surface area contributed by atoms with Crippen LogP contribution in [0.5, 0.6) is 5.75 Å². The first-order valence-corrected chi connectivity index (χ1v) is 9.17. The fraction of sp³-hybridized carbons (Fsp3) is 0.571. The molecule has 0 spiro atoms. The predicted octanol–water partition coefficient (Wildman–Crippen LogP) is 3.77. The Morgan fingerprint density at radius 3 is 2.84 bits per heavy atom. The van der Waals surface area contributed by atoms with Gasteiger partial charge < -0.3 is 14.2 Å². The molecule has 0 amide bonds. The number of hydrogen-bond donors (Lipinski definition) is 0. The van der Waals surface area contributed by atoms with Gasteiger partial charge in [-0.05, 0) is 54.5 Å². The van der Waals surface area contributed by atoms with Gasteiger partial charge >= 0.3 is 5.97 Å². The van der Waals surface area contributed by atoms with Crippen LogP contribution in [-0.2, 0) is 20.7 Å². The molecule has 1 heterocycles. The number of aryl methyl sites for hydroxylation is 1. The van der Waals surface area contributed by atoms with Gasteiger partial charge in [-0.3, -0.25) is 4.79 Å². The van der Waals surface area contributed by atoms with Crippen LogP contribution in [0.4, 0.5) is 0 Å². The second-order valence-corrected chi connectivity index (χ2v) is 7.72. The molecule has 3 aliphatic rings. The molecular weight excluding hydrogens is 316 g/mol. The average Bonchev–Trinajstić information content (AvgIpc) is 2.61. The zero-order valence-electron chi connectivity index (χ0n) is 15.3. The molecule has 0 bridgehead atoms. The summed E-state index contributed by atoms with van der Waals surface area (Å²) in [7, 11) is 1.72. The van der Waals surface area contributed by atoms with Gasteiger partial charge in [0.2, 0.25) is 0 Å². The predicted molar refractivity (Wildman–Crippen MR) is 95.4 cm³/mol. The van der Waals surface area contributed by atoms with Crippen LogP contribution in [0.2, 0.25) is 0 Å². The third-order valence-corrected chi connectivity index (χ3v) is 6.42. The Bertz CT molecular complexity index is 735. The zero-order chi connectivity index (χ0) is 17.6. The Labute approximate surface area is 149 Å². The molecule has 0 unspecified atom stereocenters. The lowest BCUT2D eigenvalue weighted by Crippen LogP contribution is -2.52. The fourth-order valence-corrected chi connectivity index (χ4v) is 4.97. The molecule has 2 aliphatic carbocycles. The molecule has 4 rings (SSSR count). The highest BCUT2D eigenvalue weighted by Gasteiger charge is 2.51. The van der Waals surface area contributed by atoms with Gasteiger partial charge in [0.1, 0.15) is 11.9 Å². The van der Waals surface area contributed by atoms with Crippen molar-refractivity contribution >= 4 is 11.5 Å². The number of esters is 1. The van der Waals surface area contributed by atoms with Crippen LogP contribution < -0.4 is 4.74 Å². The fourth-order valence-electron chi connectivity index (χ4n) is 4.97. The molecule has 0 radical (unpaired) electrons. The SMILES string of the molecule is COc1ccc2c(c1)CCC1=C2CC[C@]2(C)[C@@H](OC(C)=O)COC[C@@H]12. The number of carbonyl (C=O) groups excluding carboxylic acids is 1. The van der Waals surface area contributed by atoms with Crippen molar-refractivity contribution < 1.29 is 19.0 Å². The lowest BCUT2D eigenvalue weighted by molar-refractivity contribution is -0.177. The van der Waals surface area contributed by atoms with E-state index in [9.17, 15) is 4.79 Å². The molecular formula is C21H26O4. The Balaban J connectivity index is 1.72. The van der Waals surface area contributed by atoms with E-state index in [0.29, 0.717) is 12.5 Å². The summed E-state index contributed by atoms with van der Waals surface area (Å²) < 4.78 is 16.9. The first kappa shape index (κ1) is 16.6. The number of hydrogen-bond acceptors (Lipinski definition) is 4. The van der Waals surface area contributed by atoms with Crippen LogP contribution in [0.3, 0.4) is 0 Å². The Hall–Kier alpha value is -1.81. The van der Waals surface area contributed by atoms with Crippen molar-refractivity contribution in [3.8, 4) is 5.75 Å². The molecule has 1 saturated heterocycles. The van der Waals surface area contributed by atoms with Crippen LogP contribution >= 0.6 is 0 Å². The topological polar surface area (TPSA) is 44.8 Å². The second kappa shape index (κ2) is 6.17. The number of rotatable bonds is 2. The first-order chi connectivity index (χ1) is 12.0. The number of ether oxygens (including phenoxy) is 3.